The summed E-state index contributed by atoms with van der Waals surface area (Å²) >= 11 is 1.65. The molecule has 0 aliphatic carbocycles. The van der Waals surface area contributed by atoms with Crippen molar-refractivity contribution in [2.45, 2.75) is 39.5 Å². The molecule has 68 valence electrons. The van der Waals surface area contributed by atoms with E-state index < -0.39 is 0 Å². The maximum Gasteiger partial charge on any atom is 0.109 e. The van der Waals surface area contributed by atoms with E-state index in [1.807, 2.05) is 0 Å². The Morgan fingerprint density at radius 1 is 1.25 bits per heavy atom. The number of thiazole rings is 1. The molecule has 0 fully saturated rings. The lowest BCUT2D eigenvalue weighted by molar-refractivity contribution is 0.859. The number of aromatic nitrogens is 1. The lowest BCUT2D eigenvalue weighted by Crippen LogP contribution is -1.90. The summed E-state index contributed by atoms with van der Waals surface area (Å²) in [6.45, 7) is 4.31. The first kappa shape index (κ1) is 9.52. The van der Waals surface area contributed by atoms with Gasteiger partial charge in [0.2, 0.25) is 0 Å². The number of nitrogens with zero attached hydrogens (tertiary/aromatic N) is 1. The van der Waals surface area contributed by atoms with Crippen LogP contribution in [0.3, 0.4) is 0 Å². The average Bonchev–Trinajstić information content (AvgIpc) is 2.34. The van der Waals surface area contributed by atoms with Crippen LogP contribution < -0.4 is 5.73 Å². The van der Waals surface area contributed by atoms with E-state index in [2.05, 4.69) is 18.8 Å². The van der Waals surface area contributed by atoms with Crippen molar-refractivity contribution in [3.8, 4) is 0 Å². The second-order valence-corrected chi connectivity index (χ2v) is 4.03. The highest BCUT2D eigenvalue weighted by Gasteiger charge is 2.05. The molecular weight excluding hydrogens is 168 g/mol. The van der Waals surface area contributed by atoms with Crippen LogP contribution >= 0.6 is 11.3 Å². The summed E-state index contributed by atoms with van der Waals surface area (Å²) in [5, 5.41) is 2.11. The topological polar surface area (TPSA) is 38.9 Å². The van der Waals surface area contributed by atoms with E-state index in [1.54, 1.807) is 11.3 Å². The van der Waals surface area contributed by atoms with Gasteiger partial charge in [-0.3, -0.25) is 0 Å². The maximum absolute atomic E-state index is 5.81. The highest BCUT2D eigenvalue weighted by molar-refractivity contribution is 7.15. The third-order valence-corrected chi connectivity index (χ3v) is 2.71. The van der Waals surface area contributed by atoms with Crippen LogP contribution in [0.15, 0.2) is 0 Å². The third-order valence-electron chi connectivity index (χ3n) is 1.72. The van der Waals surface area contributed by atoms with Crippen LogP contribution in [0.4, 0.5) is 5.00 Å². The van der Waals surface area contributed by atoms with E-state index >= 15 is 0 Å². The minimum absolute atomic E-state index is 0.917. The van der Waals surface area contributed by atoms with Crippen molar-refractivity contribution in [3.63, 3.8) is 0 Å². The predicted octanol–water partition coefficient (Wildman–Crippen LogP) is 2.63. The quantitative estimate of drug-likeness (QED) is 0.781. The Morgan fingerprint density at radius 2 is 1.92 bits per heavy atom. The van der Waals surface area contributed by atoms with Gasteiger partial charge in [-0.05, 0) is 19.3 Å². The number of anilines is 1. The van der Waals surface area contributed by atoms with E-state index in [0.29, 0.717) is 0 Å². The van der Waals surface area contributed by atoms with Crippen molar-refractivity contribution in [2.75, 3.05) is 5.73 Å². The second-order valence-electron chi connectivity index (χ2n) is 2.92. The summed E-state index contributed by atoms with van der Waals surface area (Å²) < 4.78 is 0. The second kappa shape index (κ2) is 4.45. The summed E-state index contributed by atoms with van der Waals surface area (Å²) in [4.78, 5) is 4.48. The number of hydrogen-bond donors (Lipinski definition) is 1. The Morgan fingerprint density at radius 3 is 2.50 bits per heavy atom. The zero-order chi connectivity index (χ0) is 8.97. The number of rotatable bonds is 4. The molecule has 0 amide bonds. The molecule has 0 bridgehead atoms. The molecule has 1 heterocycles. The van der Waals surface area contributed by atoms with Crippen LogP contribution in [-0.2, 0) is 12.8 Å². The summed E-state index contributed by atoms with van der Waals surface area (Å²) in [5.41, 5.74) is 6.92. The smallest absolute Gasteiger partial charge is 0.109 e. The van der Waals surface area contributed by atoms with Crippen molar-refractivity contribution in [3.05, 3.63) is 10.7 Å². The molecule has 0 saturated carbocycles. The SMILES string of the molecule is CCCc1nc(CCC)c(N)s1. The standard InChI is InChI=1S/C9H16N2S/c1-3-5-7-9(10)12-8(11-7)6-4-2/h3-6,10H2,1-2H3. The van der Waals surface area contributed by atoms with Crippen LogP contribution in [0.5, 0.6) is 0 Å². The van der Waals surface area contributed by atoms with E-state index in [-0.39, 0.29) is 0 Å². The lowest BCUT2D eigenvalue weighted by atomic mass is 10.2. The van der Waals surface area contributed by atoms with Gasteiger partial charge in [-0.2, -0.15) is 0 Å². The molecule has 0 spiro atoms. The fourth-order valence-electron chi connectivity index (χ4n) is 1.15. The number of nitrogen functional groups attached to an aromatic ring is 1. The monoisotopic (exact) mass is 184 g/mol. The summed E-state index contributed by atoms with van der Waals surface area (Å²) in [7, 11) is 0. The Bertz CT molecular complexity index is 243. The maximum atomic E-state index is 5.81. The molecule has 1 aromatic heterocycles. The Hall–Kier alpha value is -0.570. The van der Waals surface area contributed by atoms with Gasteiger partial charge in [0.25, 0.3) is 0 Å². The van der Waals surface area contributed by atoms with E-state index in [0.717, 1.165) is 36.4 Å². The lowest BCUT2D eigenvalue weighted by Gasteiger charge is -1.91. The third kappa shape index (κ3) is 2.21. The average molecular weight is 184 g/mol. The Balaban J connectivity index is 2.70. The van der Waals surface area contributed by atoms with Crippen LogP contribution in [0.2, 0.25) is 0 Å². The molecule has 12 heavy (non-hydrogen) atoms. The molecule has 0 aliphatic heterocycles. The molecule has 2 nitrogen and oxygen atoms in total. The Kier molecular flexibility index (Phi) is 3.53. The van der Waals surface area contributed by atoms with Gasteiger partial charge in [0.05, 0.1) is 10.7 Å². The van der Waals surface area contributed by atoms with Crippen molar-refractivity contribution < 1.29 is 0 Å². The van der Waals surface area contributed by atoms with E-state index in [4.69, 9.17) is 5.73 Å². The first-order valence-corrected chi connectivity index (χ1v) is 5.33. The number of aryl methyl sites for hydroxylation is 2. The minimum atomic E-state index is 0.917. The van der Waals surface area contributed by atoms with Gasteiger partial charge in [0.1, 0.15) is 5.00 Å². The summed E-state index contributed by atoms with van der Waals surface area (Å²) in [6, 6.07) is 0. The minimum Gasteiger partial charge on any atom is -0.389 e. The van der Waals surface area contributed by atoms with Crippen molar-refractivity contribution in [2.24, 2.45) is 0 Å². The zero-order valence-electron chi connectivity index (χ0n) is 7.76. The van der Waals surface area contributed by atoms with Crippen LogP contribution in [0.25, 0.3) is 0 Å². The number of nitrogens with two attached hydrogens (primary N) is 1. The Labute approximate surface area is 77.8 Å². The molecule has 0 unspecified atom stereocenters. The van der Waals surface area contributed by atoms with Crippen LogP contribution in [0.1, 0.15) is 37.4 Å². The van der Waals surface area contributed by atoms with Crippen molar-refractivity contribution in [1.82, 2.24) is 4.98 Å². The molecular formula is C9H16N2S. The van der Waals surface area contributed by atoms with Gasteiger partial charge in [0.15, 0.2) is 0 Å². The first-order chi connectivity index (χ1) is 5.77. The normalized spacial score (nSPS) is 10.5. The molecule has 0 aliphatic rings. The fraction of sp³-hybridized carbons (Fsp3) is 0.667. The molecule has 1 aromatic rings. The van der Waals surface area contributed by atoms with Gasteiger partial charge < -0.3 is 5.73 Å². The molecule has 0 aromatic carbocycles. The summed E-state index contributed by atoms with van der Waals surface area (Å²) in [6.07, 6.45) is 4.36. The highest BCUT2D eigenvalue weighted by atomic mass is 32.1. The van der Waals surface area contributed by atoms with Gasteiger partial charge in [-0.25, -0.2) is 4.98 Å². The first-order valence-electron chi connectivity index (χ1n) is 4.52. The van der Waals surface area contributed by atoms with Gasteiger partial charge in [-0.1, -0.05) is 20.3 Å². The van der Waals surface area contributed by atoms with Gasteiger partial charge >= 0.3 is 0 Å². The molecule has 0 saturated heterocycles. The zero-order valence-corrected chi connectivity index (χ0v) is 8.58. The molecule has 0 radical (unpaired) electrons. The number of hydrogen-bond acceptors (Lipinski definition) is 3. The fourth-order valence-corrected chi connectivity index (χ4v) is 2.13. The molecule has 2 N–H and O–H groups in total. The summed E-state index contributed by atoms with van der Waals surface area (Å²) in [5.74, 6) is 0. The van der Waals surface area contributed by atoms with Crippen molar-refractivity contribution >= 4 is 16.3 Å². The van der Waals surface area contributed by atoms with Gasteiger partial charge in [0, 0.05) is 0 Å². The van der Waals surface area contributed by atoms with Crippen molar-refractivity contribution in [1.29, 1.82) is 0 Å². The molecule has 3 heteroatoms. The predicted molar refractivity (Wildman–Crippen MR) is 54.5 cm³/mol. The van der Waals surface area contributed by atoms with E-state index in [9.17, 15) is 0 Å². The largest absolute Gasteiger partial charge is 0.389 e. The molecule has 0 atom stereocenters. The van der Waals surface area contributed by atoms with Crippen LogP contribution in [-0.4, -0.2) is 4.98 Å². The van der Waals surface area contributed by atoms with Gasteiger partial charge in [-0.15, -0.1) is 11.3 Å². The van der Waals surface area contributed by atoms with E-state index in [1.165, 1.54) is 5.01 Å². The molecule has 1 rings (SSSR count). The van der Waals surface area contributed by atoms with Crippen LogP contribution in [0, 0.1) is 0 Å². The highest BCUT2D eigenvalue weighted by Crippen LogP contribution is 2.22.